The Balaban J connectivity index is 1.67. The second-order valence-electron chi connectivity index (χ2n) is 6.37. The second-order valence-corrected chi connectivity index (χ2v) is 6.37. The molecule has 1 saturated heterocycles. The maximum absolute atomic E-state index is 11.3. The van der Waals surface area contributed by atoms with Gasteiger partial charge in [-0.2, -0.15) is 5.10 Å². The highest BCUT2D eigenvalue weighted by atomic mass is 16.5. The number of aryl methyl sites for hydroxylation is 2. The molecule has 4 rings (SSSR count). The summed E-state index contributed by atoms with van der Waals surface area (Å²) >= 11 is 0. The number of fused-ring (bicyclic) bond motifs is 3. The number of rotatable bonds is 3. The molecule has 1 aliphatic heterocycles. The minimum atomic E-state index is -1.02. The average molecular weight is 316 g/mol. The second kappa shape index (κ2) is 5.53. The third kappa shape index (κ3) is 2.47. The van der Waals surface area contributed by atoms with Gasteiger partial charge in [0, 0.05) is 30.4 Å². The molecule has 23 heavy (non-hydrogen) atoms. The average Bonchev–Trinajstić information content (AvgIpc) is 3.08. The number of furan rings is 1. The van der Waals surface area contributed by atoms with Crippen molar-refractivity contribution in [1.82, 2.24) is 9.78 Å². The summed E-state index contributed by atoms with van der Waals surface area (Å²) in [7, 11) is 0. The SMILES string of the molecule is Cc1c(C(=O)O)oc2c1-c1nn(CC3CCCCO3)cc1CC2. The lowest BCUT2D eigenvalue weighted by molar-refractivity contribution is 0.00402. The molecule has 2 aliphatic rings. The van der Waals surface area contributed by atoms with E-state index < -0.39 is 5.97 Å². The van der Waals surface area contributed by atoms with Crippen LogP contribution in [0.25, 0.3) is 11.3 Å². The van der Waals surface area contributed by atoms with E-state index in [4.69, 9.17) is 14.3 Å². The topological polar surface area (TPSA) is 77.5 Å². The smallest absolute Gasteiger partial charge is 0.372 e. The summed E-state index contributed by atoms with van der Waals surface area (Å²) in [5.74, 6) is -0.243. The van der Waals surface area contributed by atoms with Crippen molar-refractivity contribution < 1.29 is 19.1 Å². The number of carboxylic acids is 1. The first-order chi connectivity index (χ1) is 11.1. The van der Waals surface area contributed by atoms with Crippen LogP contribution < -0.4 is 0 Å². The van der Waals surface area contributed by atoms with Gasteiger partial charge >= 0.3 is 5.97 Å². The predicted octanol–water partition coefficient (Wildman–Crippen LogP) is 2.82. The van der Waals surface area contributed by atoms with Crippen LogP contribution in [0.5, 0.6) is 0 Å². The van der Waals surface area contributed by atoms with Gasteiger partial charge in [0.1, 0.15) is 5.76 Å². The van der Waals surface area contributed by atoms with Gasteiger partial charge in [0.05, 0.1) is 18.3 Å². The number of carboxylic acid groups (broad SMARTS) is 1. The summed E-state index contributed by atoms with van der Waals surface area (Å²) in [4.78, 5) is 11.3. The summed E-state index contributed by atoms with van der Waals surface area (Å²) in [5.41, 5.74) is 3.57. The fraction of sp³-hybridized carbons (Fsp3) is 0.529. The molecular weight excluding hydrogens is 296 g/mol. The van der Waals surface area contributed by atoms with Gasteiger partial charge in [-0.25, -0.2) is 4.79 Å². The summed E-state index contributed by atoms with van der Waals surface area (Å²) in [6.07, 6.45) is 7.28. The molecule has 122 valence electrons. The van der Waals surface area contributed by atoms with Gasteiger partial charge in [0.2, 0.25) is 5.76 Å². The fourth-order valence-corrected chi connectivity index (χ4v) is 3.62. The Morgan fingerprint density at radius 2 is 2.30 bits per heavy atom. The van der Waals surface area contributed by atoms with E-state index in [0.717, 1.165) is 61.4 Å². The van der Waals surface area contributed by atoms with Gasteiger partial charge in [0.15, 0.2) is 0 Å². The molecule has 1 fully saturated rings. The molecule has 2 aromatic heterocycles. The zero-order chi connectivity index (χ0) is 16.0. The van der Waals surface area contributed by atoms with Crippen molar-refractivity contribution in [3.05, 3.63) is 28.8 Å². The molecule has 0 saturated carbocycles. The Hall–Kier alpha value is -2.08. The summed E-state index contributed by atoms with van der Waals surface area (Å²) < 4.78 is 13.3. The molecule has 1 atom stereocenters. The first kappa shape index (κ1) is 14.5. The van der Waals surface area contributed by atoms with Gasteiger partial charge in [-0.3, -0.25) is 4.68 Å². The maximum atomic E-state index is 11.3. The van der Waals surface area contributed by atoms with Crippen LogP contribution in [-0.2, 0) is 24.1 Å². The highest BCUT2D eigenvalue weighted by Gasteiger charge is 2.29. The minimum absolute atomic E-state index is 0.0352. The van der Waals surface area contributed by atoms with E-state index in [-0.39, 0.29) is 11.9 Å². The normalized spacial score (nSPS) is 20.1. The monoisotopic (exact) mass is 316 g/mol. The van der Waals surface area contributed by atoms with E-state index in [9.17, 15) is 9.90 Å². The van der Waals surface area contributed by atoms with Crippen LogP contribution in [0.4, 0.5) is 0 Å². The maximum Gasteiger partial charge on any atom is 0.372 e. The van der Waals surface area contributed by atoms with E-state index in [0.29, 0.717) is 5.56 Å². The van der Waals surface area contributed by atoms with Gasteiger partial charge < -0.3 is 14.3 Å². The van der Waals surface area contributed by atoms with Crippen LogP contribution in [0, 0.1) is 6.92 Å². The van der Waals surface area contributed by atoms with Gasteiger partial charge in [0.25, 0.3) is 0 Å². The number of ether oxygens (including phenoxy) is 1. The molecule has 1 unspecified atom stereocenters. The number of nitrogens with zero attached hydrogens (tertiary/aromatic N) is 2. The molecule has 0 bridgehead atoms. The predicted molar refractivity (Wildman–Crippen MR) is 82.6 cm³/mol. The van der Waals surface area contributed by atoms with Crippen LogP contribution >= 0.6 is 0 Å². The molecular formula is C17H20N2O4. The highest BCUT2D eigenvalue weighted by Crippen LogP contribution is 2.38. The quantitative estimate of drug-likeness (QED) is 0.942. The van der Waals surface area contributed by atoms with Crippen molar-refractivity contribution in [2.24, 2.45) is 0 Å². The van der Waals surface area contributed by atoms with E-state index in [1.807, 2.05) is 4.68 Å². The largest absolute Gasteiger partial charge is 0.475 e. The number of aromatic carboxylic acids is 1. The lowest BCUT2D eigenvalue weighted by Gasteiger charge is -2.22. The molecule has 3 heterocycles. The summed E-state index contributed by atoms with van der Waals surface area (Å²) in [5, 5.41) is 14.0. The van der Waals surface area contributed by atoms with Gasteiger partial charge in [-0.1, -0.05) is 0 Å². The molecule has 6 nitrogen and oxygen atoms in total. The molecule has 0 spiro atoms. The van der Waals surface area contributed by atoms with E-state index in [1.54, 1.807) is 6.92 Å². The fourth-order valence-electron chi connectivity index (χ4n) is 3.62. The zero-order valence-corrected chi connectivity index (χ0v) is 13.2. The number of carbonyl (C=O) groups is 1. The molecule has 1 N–H and O–H groups in total. The summed E-state index contributed by atoms with van der Waals surface area (Å²) in [6.45, 7) is 3.38. The first-order valence-electron chi connectivity index (χ1n) is 8.17. The van der Waals surface area contributed by atoms with Crippen molar-refractivity contribution in [1.29, 1.82) is 0 Å². The molecule has 2 aromatic rings. The van der Waals surface area contributed by atoms with Crippen molar-refractivity contribution >= 4 is 5.97 Å². The Morgan fingerprint density at radius 3 is 3.04 bits per heavy atom. The van der Waals surface area contributed by atoms with Crippen LogP contribution in [0.15, 0.2) is 10.6 Å². The molecule has 0 amide bonds. The van der Waals surface area contributed by atoms with Gasteiger partial charge in [-0.05, 0) is 38.2 Å². The lowest BCUT2D eigenvalue weighted by atomic mass is 9.94. The highest BCUT2D eigenvalue weighted by molar-refractivity contribution is 5.90. The third-order valence-corrected chi connectivity index (χ3v) is 4.77. The Bertz CT molecular complexity index is 753. The zero-order valence-electron chi connectivity index (χ0n) is 13.2. The van der Waals surface area contributed by atoms with Gasteiger partial charge in [-0.15, -0.1) is 0 Å². The first-order valence-corrected chi connectivity index (χ1v) is 8.17. The van der Waals surface area contributed by atoms with E-state index in [1.165, 1.54) is 6.42 Å². The third-order valence-electron chi connectivity index (χ3n) is 4.77. The van der Waals surface area contributed by atoms with Crippen LogP contribution in [0.3, 0.4) is 0 Å². The molecule has 0 radical (unpaired) electrons. The summed E-state index contributed by atoms with van der Waals surface area (Å²) in [6, 6.07) is 0. The van der Waals surface area contributed by atoms with E-state index in [2.05, 4.69) is 6.20 Å². The van der Waals surface area contributed by atoms with Crippen LogP contribution in [0.2, 0.25) is 0 Å². The van der Waals surface area contributed by atoms with Crippen molar-refractivity contribution in [3.8, 4) is 11.3 Å². The Labute approximate surface area is 134 Å². The van der Waals surface area contributed by atoms with Crippen LogP contribution in [0.1, 0.15) is 46.7 Å². The molecule has 1 aliphatic carbocycles. The molecule has 6 heteroatoms. The number of aromatic nitrogens is 2. The van der Waals surface area contributed by atoms with Crippen molar-refractivity contribution in [2.75, 3.05) is 6.61 Å². The minimum Gasteiger partial charge on any atom is -0.475 e. The van der Waals surface area contributed by atoms with Crippen molar-refractivity contribution in [2.45, 2.75) is 51.7 Å². The van der Waals surface area contributed by atoms with Crippen molar-refractivity contribution in [3.63, 3.8) is 0 Å². The number of hydrogen-bond donors (Lipinski definition) is 1. The molecule has 0 aromatic carbocycles. The number of hydrogen-bond acceptors (Lipinski definition) is 4. The van der Waals surface area contributed by atoms with Crippen LogP contribution in [-0.4, -0.2) is 33.6 Å². The van der Waals surface area contributed by atoms with E-state index >= 15 is 0 Å². The Kier molecular flexibility index (Phi) is 3.49. The standard InChI is InChI=1S/C17H20N2O4/c1-10-14-13(23-16(10)17(20)21)6-5-11-8-19(18-15(11)14)9-12-4-2-3-7-22-12/h8,12H,2-7,9H2,1H3,(H,20,21). The Morgan fingerprint density at radius 1 is 1.43 bits per heavy atom. The lowest BCUT2D eigenvalue weighted by Crippen LogP contribution is -2.24.